The molecule has 1 aromatic heterocycles. The summed E-state index contributed by atoms with van der Waals surface area (Å²) in [7, 11) is -3.57. The molecule has 3 rings (SSSR count). The van der Waals surface area contributed by atoms with E-state index in [4.69, 9.17) is 17.0 Å². The molecule has 1 aromatic carbocycles. The molecule has 9 nitrogen and oxygen atoms in total. The average molecular weight is 412 g/mol. The molecule has 27 heavy (non-hydrogen) atoms. The minimum atomic E-state index is -3.57. The number of H-pyrrole nitrogens is 1. The van der Waals surface area contributed by atoms with Gasteiger partial charge in [-0.25, -0.2) is 8.42 Å². The molecule has 11 heteroatoms. The van der Waals surface area contributed by atoms with E-state index >= 15 is 0 Å². The van der Waals surface area contributed by atoms with Gasteiger partial charge < -0.3 is 14.6 Å². The van der Waals surface area contributed by atoms with E-state index in [9.17, 15) is 13.2 Å². The predicted molar refractivity (Wildman–Crippen MR) is 100 cm³/mol. The number of aromatic nitrogens is 3. The molecule has 1 saturated heterocycles. The van der Waals surface area contributed by atoms with Crippen LogP contribution in [-0.2, 0) is 27.8 Å². The van der Waals surface area contributed by atoms with Gasteiger partial charge in [-0.3, -0.25) is 9.89 Å². The number of morpholine rings is 1. The van der Waals surface area contributed by atoms with Gasteiger partial charge in [0.2, 0.25) is 10.0 Å². The maximum atomic E-state index is 12.6. The molecule has 1 aliphatic rings. The van der Waals surface area contributed by atoms with Crippen LogP contribution in [0.4, 0.5) is 0 Å². The highest BCUT2D eigenvalue weighted by Gasteiger charge is 2.26. The molecule has 0 aliphatic carbocycles. The van der Waals surface area contributed by atoms with Crippen molar-refractivity contribution in [3.63, 3.8) is 0 Å². The fraction of sp³-hybridized carbons (Fsp3) is 0.438. The third-order valence-electron chi connectivity index (χ3n) is 4.28. The lowest BCUT2D eigenvalue weighted by Crippen LogP contribution is -2.40. The first-order valence-corrected chi connectivity index (χ1v) is 10.4. The normalized spacial score (nSPS) is 15.6. The van der Waals surface area contributed by atoms with E-state index in [-0.39, 0.29) is 17.3 Å². The molecule has 1 amide bonds. The molecule has 0 saturated carbocycles. The van der Waals surface area contributed by atoms with Crippen LogP contribution in [-0.4, -0.2) is 59.7 Å². The number of carbonyl (C=O) groups is 1. The summed E-state index contributed by atoms with van der Waals surface area (Å²) in [5.41, 5.74) is 0.369. The van der Waals surface area contributed by atoms with Crippen molar-refractivity contribution in [3.8, 4) is 0 Å². The smallest absolute Gasteiger partial charge is 0.251 e. The minimum Gasteiger partial charge on any atom is -0.379 e. The molecular weight excluding hydrogens is 390 g/mol. The fourth-order valence-corrected chi connectivity index (χ4v) is 4.48. The molecule has 146 valence electrons. The highest BCUT2D eigenvalue weighted by Crippen LogP contribution is 2.17. The van der Waals surface area contributed by atoms with Gasteiger partial charge in [-0.1, -0.05) is 0 Å². The monoisotopic (exact) mass is 411 g/mol. The Morgan fingerprint density at radius 3 is 2.59 bits per heavy atom. The molecular formula is C16H21N5O4S2. The van der Waals surface area contributed by atoms with Crippen LogP contribution in [0.2, 0.25) is 0 Å². The number of hydrogen-bond donors (Lipinski definition) is 2. The molecule has 0 bridgehead atoms. The largest absolute Gasteiger partial charge is 0.379 e. The van der Waals surface area contributed by atoms with Gasteiger partial charge >= 0.3 is 0 Å². The number of nitrogens with one attached hydrogen (secondary N) is 2. The van der Waals surface area contributed by atoms with Crippen LogP contribution < -0.4 is 5.32 Å². The second kappa shape index (κ2) is 8.30. The highest BCUT2D eigenvalue weighted by molar-refractivity contribution is 7.89. The first-order chi connectivity index (χ1) is 12.9. The summed E-state index contributed by atoms with van der Waals surface area (Å²) in [6.45, 7) is 4.23. The van der Waals surface area contributed by atoms with Crippen molar-refractivity contribution in [2.24, 2.45) is 0 Å². The van der Waals surface area contributed by atoms with Crippen LogP contribution in [0.1, 0.15) is 23.1 Å². The van der Waals surface area contributed by atoms with Gasteiger partial charge in [0.25, 0.3) is 5.91 Å². The van der Waals surface area contributed by atoms with Crippen LogP contribution in [0.3, 0.4) is 0 Å². The Hall–Kier alpha value is -2.08. The molecule has 0 radical (unpaired) electrons. The number of rotatable bonds is 6. The Morgan fingerprint density at radius 2 is 1.96 bits per heavy atom. The zero-order chi connectivity index (χ0) is 19.4. The van der Waals surface area contributed by atoms with E-state index < -0.39 is 10.0 Å². The summed E-state index contributed by atoms with van der Waals surface area (Å²) in [5.74, 6) is 0.309. The van der Waals surface area contributed by atoms with Crippen LogP contribution in [0.15, 0.2) is 29.2 Å². The first kappa shape index (κ1) is 19.7. The van der Waals surface area contributed by atoms with E-state index in [1.54, 1.807) is 4.57 Å². The number of benzene rings is 1. The molecule has 2 heterocycles. The van der Waals surface area contributed by atoms with E-state index in [0.29, 0.717) is 49.0 Å². The standard InChI is InChI=1S/C16H21N5O4S2/c1-2-21-14(18-19-16(21)26)11-17-15(22)12-3-5-13(6-4-12)27(23,24)20-7-9-25-10-8-20/h3-6H,2,7-11H2,1H3,(H,17,22)(H,19,26). The van der Waals surface area contributed by atoms with Crippen molar-refractivity contribution in [2.75, 3.05) is 26.3 Å². The average Bonchev–Trinajstić information content (AvgIpc) is 3.06. The number of amides is 1. The lowest BCUT2D eigenvalue weighted by molar-refractivity contribution is 0.0730. The van der Waals surface area contributed by atoms with Crippen LogP contribution in [0, 0.1) is 4.77 Å². The Balaban J connectivity index is 1.67. The Kier molecular flexibility index (Phi) is 6.05. The lowest BCUT2D eigenvalue weighted by atomic mass is 10.2. The second-order valence-electron chi connectivity index (χ2n) is 5.91. The Bertz CT molecular complexity index is 959. The third kappa shape index (κ3) is 4.26. The maximum Gasteiger partial charge on any atom is 0.251 e. The molecule has 2 aromatic rings. The zero-order valence-electron chi connectivity index (χ0n) is 14.8. The SMILES string of the molecule is CCn1c(CNC(=O)c2ccc(S(=O)(=O)N3CCOCC3)cc2)n[nH]c1=S. The van der Waals surface area contributed by atoms with E-state index in [1.807, 2.05) is 6.92 Å². The summed E-state index contributed by atoms with van der Waals surface area (Å²) in [5, 5.41) is 9.54. The molecule has 0 atom stereocenters. The highest BCUT2D eigenvalue weighted by atomic mass is 32.2. The summed E-state index contributed by atoms with van der Waals surface area (Å²) >= 11 is 5.11. The van der Waals surface area contributed by atoms with Crippen molar-refractivity contribution < 1.29 is 17.9 Å². The summed E-state index contributed by atoms with van der Waals surface area (Å²) in [4.78, 5) is 12.5. The molecule has 1 aliphatic heterocycles. The minimum absolute atomic E-state index is 0.160. The summed E-state index contributed by atoms with van der Waals surface area (Å²) in [6, 6.07) is 5.89. The lowest BCUT2D eigenvalue weighted by Gasteiger charge is -2.26. The Labute approximate surface area is 162 Å². The van der Waals surface area contributed by atoms with E-state index in [1.165, 1.54) is 28.6 Å². The van der Waals surface area contributed by atoms with Gasteiger partial charge in [-0.15, -0.1) is 0 Å². The van der Waals surface area contributed by atoms with Crippen LogP contribution in [0.25, 0.3) is 0 Å². The van der Waals surface area contributed by atoms with Crippen molar-refractivity contribution >= 4 is 28.1 Å². The van der Waals surface area contributed by atoms with Crippen molar-refractivity contribution in [3.05, 3.63) is 40.4 Å². The third-order valence-corrected chi connectivity index (χ3v) is 6.51. The predicted octanol–water partition coefficient (Wildman–Crippen LogP) is 0.911. The van der Waals surface area contributed by atoms with Gasteiger partial charge in [0, 0.05) is 25.2 Å². The van der Waals surface area contributed by atoms with Gasteiger partial charge in [-0.2, -0.15) is 9.40 Å². The van der Waals surface area contributed by atoms with Crippen molar-refractivity contribution in [1.82, 2.24) is 24.4 Å². The zero-order valence-corrected chi connectivity index (χ0v) is 16.5. The second-order valence-corrected chi connectivity index (χ2v) is 8.24. The molecule has 0 spiro atoms. The topological polar surface area (TPSA) is 109 Å². The summed E-state index contributed by atoms with van der Waals surface area (Å²) in [6.07, 6.45) is 0. The number of aromatic amines is 1. The van der Waals surface area contributed by atoms with Crippen molar-refractivity contribution in [1.29, 1.82) is 0 Å². The number of carbonyl (C=O) groups excluding carboxylic acids is 1. The van der Waals surface area contributed by atoms with E-state index in [0.717, 1.165) is 0 Å². The number of nitrogens with zero attached hydrogens (tertiary/aromatic N) is 3. The van der Waals surface area contributed by atoms with Gasteiger partial charge in [0.1, 0.15) is 0 Å². The molecule has 1 fully saturated rings. The van der Waals surface area contributed by atoms with Gasteiger partial charge in [-0.05, 0) is 43.4 Å². The van der Waals surface area contributed by atoms with Crippen LogP contribution >= 0.6 is 12.2 Å². The number of hydrogen-bond acceptors (Lipinski definition) is 6. The van der Waals surface area contributed by atoms with Gasteiger partial charge in [0.05, 0.1) is 24.7 Å². The van der Waals surface area contributed by atoms with Crippen LogP contribution in [0.5, 0.6) is 0 Å². The molecule has 2 N–H and O–H groups in total. The van der Waals surface area contributed by atoms with E-state index in [2.05, 4.69) is 15.5 Å². The van der Waals surface area contributed by atoms with Crippen molar-refractivity contribution in [2.45, 2.75) is 24.9 Å². The fourth-order valence-electron chi connectivity index (χ4n) is 2.79. The Morgan fingerprint density at radius 1 is 1.30 bits per heavy atom. The maximum absolute atomic E-state index is 12.6. The quantitative estimate of drug-likeness (QED) is 0.684. The summed E-state index contributed by atoms with van der Waals surface area (Å²) < 4.78 is 34.1. The van der Waals surface area contributed by atoms with Gasteiger partial charge in [0.15, 0.2) is 10.6 Å². The number of sulfonamides is 1. The first-order valence-electron chi connectivity index (χ1n) is 8.53. The molecule has 0 unspecified atom stereocenters. The number of ether oxygens (including phenoxy) is 1.